The lowest BCUT2D eigenvalue weighted by atomic mass is 9.78. The molecular formula is C24H34O7. The summed E-state index contributed by atoms with van der Waals surface area (Å²) >= 11 is 0. The molecule has 0 N–H and O–H groups in total. The van der Waals surface area contributed by atoms with Crippen LogP contribution in [0.2, 0.25) is 0 Å². The Bertz CT molecular complexity index is 756. The molecule has 0 fully saturated rings. The summed E-state index contributed by atoms with van der Waals surface area (Å²) in [6.07, 6.45) is 1.68. The van der Waals surface area contributed by atoms with Crippen LogP contribution in [0, 0.1) is 5.41 Å². The van der Waals surface area contributed by atoms with E-state index in [0.717, 1.165) is 17.7 Å². The summed E-state index contributed by atoms with van der Waals surface area (Å²) in [4.78, 5) is 49.2. The molecule has 1 rings (SSSR count). The van der Waals surface area contributed by atoms with Gasteiger partial charge in [-0.25, -0.2) is 0 Å². The molecule has 0 spiro atoms. The molecule has 0 saturated heterocycles. The molecule has 0 radical (unpaired) electrons. The van der Waals surface area contributed by atoms with Crippen molar-refractivity contribution < 1.29 is 33.4 Å². The van der Waals surface area contributed by atoms with Crippen molar-refractivity contribution in [1.29, 1.82) is 0 Å². The summed E-state index contributed by atoms with van der Waals surface area (Å²) in [6.45, 7) is 5.19. The van der Waals surface area contributed by atoms with E-state index in [9.17, 15) is 19.2 Å². The number of ketones is 2. The number of hydrogen-bond acceptors (Lipinski definition) is 7. The maximum atomic E-state index is 12.7. The van der Waals surface area contributed by atoms with Gasteiger partial charge < -0.3 is 14.2 Å². The lowest BCUT2D eigenvalue weighted by molar-refractivity contribution is -0.160. The molecule has 0 aliphatic carbocycles. The van der Waals surface area contributed by atoms with Crippen molar-refractivity contribution in [2.24, 2.45) is 5.41 Å². The molecule has 0 aliphatic rings. The number of hydrogen-bond donors (Lipinski definition) is 0. The monoisotopic (exact) mass is 434 g/mol. The Morgan fingerprint density at radius 2 is 1.65 bits per heavy atom. The average Bonchev–Trinajstić information content (AvgIpc) is 2.76. The summed E-state index contributed by atoms with van der Waals surface area (Å²) in [7, 11) is 1.61. The van der Waals surface area contributed by atoms with Crippen LogP contribution in [0.5, 0.6) is 5.75 Å². The van der Waals surface area contributed by atoms with E-state index in [2.05, 4.69) is 0 Å². The molecule has 0 heterocycles. The van der Waals surface area contributed by atoms with Gasteiger partial charge in [-0.05, 0) is 57.7 Å². The van der Waals surface area contributed by atoms with Gasteiger partial charge in [0.15, 0.2) is 0 Å². The number of rotatable bonds is 15. The summed E-state index contributed by atoms with van der Waals surface area (Å²) < 4.78 is 15.1. The van der Waals surface area contributed by atoms with Crippen molar-refractivity contribution in [3.8, 4) is 5.75 Å². The van der Waals surface area contributed by atoms with Gasteiger partial charge in [0.25, 0.3) is 0 Å². The molecule has 1 atom stereocenters. The number of benzene rings is 1. The minimum absolute atomic E-state index is 0.0170. The molecule has 0 amide bonds. The predicted molar refractivity (Wildman–Crippen MR) is 116 cm³/mol. The standard InChI is InChI=1S/C24H34O7/c1-5-30-22(27)14-13-21(26)24(3,23(28)31-6-2)16-15-19(25)11-7-9-18-10-8-12-20(17-18)29-4/h8,10,12,17H,5-7,9,11,13-16H2,1-4H3. The van der Waals surface area contributed by atoms with Gasteiger partial charge in [-0.2, -0.15) is 0 Å². The number of carbonyl (C=O) groups is 4. The fraction of sp³-hybridized carbons (Fsp3) is 0.583. The summed E-state index contributed by atoms with van der Waals surface area (Å²) in [5.41, 5.74) is -0.372. The minimum atomic E-state index is -1.45. The van der Waals surface area contributed by atoms with Crippen molar-refractivity contribution in [1.82, 2.24) is 0 Å². The second-order valence-electron chi connectivity index (χ2n) is 7.52. The number of esters is 2. The molecule has 172 valence electrons. The largest absolute Gasteiger partial charge is 0.497 e. The maximum absolute atomic E-state index is 12.7. The lowest BCUT2D eigenvalue weighted by Gasteiger charge is -2.25. The van der Waals surface area contributed by atoms with E-state index in [0.29, 0.717) is 12.8 Å². The zero-order chi connectivity index (χ0) is 23.3. The molecule has 7 heteroatoms. The van der Waals surface area contributed by atoms with Gasteiger partial charge >= 0.3 is 11.9 Å². The molecule has 0 aromatic heterocycles. The first-order valence-electron chi connectivity index (χ1n) is 10.8. The number of aryl methyl sites for hydroxylation is 1. The lowest BCUT2D eigenvalue weighted by Crippen LogP contribution is -2.39. The summed E-state index contributed by atoms with van der Waals surface area (Å²) in [5, 5.41) is 0. The van der Waals surface area contributed by atoms with Gasteiger partial charge in [0.05, 0.1) is 26.7 Å². The molecule has 0 bridgehead atoms. The Hall–Kier alpha value is -2.70. The zero-order valence-corrected chi connectivity index (χ0v) is 19.0. The van der Waals surface area contributed by atoms with E-state index in [1.807, 2.05) is 24.3 Å². The quantitative estimate of drug-likeness (QED) is 0.306. The second-order valence-corrected chi connectivity index (χ2v) is 7.52. The zero-order valence-electron chi connectivity index (χ0n) is 19.0. The van der Waals surface area contributed by atoms with Crippen LogP contribution < -0.4 is 4.74 Å². The molecule has 31 heavy (non-hydrogen) atoms. The van der Waals surface area contributed by atoms with E-state index in [-0.39, 0.29) is 44.7 Å². The Kier molecular flexibility index (Phi) is 11.5. The first kappa shape index (κ1) is 26.3. The number of Topliss-reactive ketones (excluding diaryl/α,β-unsaturated/α-hetero) is 2. The molecule has 1 unspecified atom stereocenters. The van der Waals surface area contributed by atoms with Gasteiger partial charge in [0.2, 0.25) is 0 Å². The normalized spacial score (nSPS) is 12.5. The molecule has 1 aromatic carbocycles. The highest BCUT2D eigenvalue weighted by molar-refractivity contribution is 6.04. The minimum Gasteiger partial charge on any atom is -0.497 e. The van der Waals surface area contributed by atoms with Crippen LogP contribution in [-0.2, 0) is 35.1 Å². The number of ether oxygens (including phenoxy) is 3. The fourth-order valence-corrected chi connectivity index (χ4v) is 3.20. The molecule has 0 saturated carbocycles. The number of carbonyl (C=O) groups excluding carboxylic acids is 4. The first-order valence-corrected chi connectivity index (χ1v) is 10.8. The third-order valence-corrected chi connectivity index (χ3v) is 5.16. The molecule has 1 aromatic rings. The summed E-state index contributed by atoms with van der Waals surface area (Å²) in [6, 6.07) is 7.68. The van der Waals surface area contributed by atoms with Crippen molar-refractivity contribution in [2.45, 2.75) is 65.7 Å². The third kappa shape index (κ3) is 8.90. The summed E-state index contributed by atoms with van der Waals surface area (Å²) in [5.74, 6) is -0.807. The van der Waals surface area contributed by atoms with Crippen molar-refractivity contribution in [2.75, 3.05) is 20.3 Å². The molecule has 7 nitrogen and oxygen atoms in total. The highest BCUT2D eigenvalue weighted by atomic mass is 16.5. The number of methoxy groups -OCH3 is 1. The maximum Gasteiger partial charge on any atom is 0.319 e. The van der Waals surface area contributed by atoms with E-state index < -0.39 is 23.1 Å². The van der Waals surface area contributed by atoms with E-state index in [1.54, 1.807) is 21.0 Å². The molecule has 0 aliphatic heterocycles. The Balaban J connectivity index is 2.61. The SMILES string of the molecule is CCOC(=O)CCC(=O)C(C)(CCC(=O)CCCc1cccc(OC)c1)C(=O)OCC. The van der Waals surface area contributed by atoms with Crippen LogP contribution in [0.3, 0.4) is 0 Å². The molecular weight excluding hydrogens is 400 g/mol. The van der Waals surface area contributed by atoms with Crippen molar-refractivity contribution in [3.63, 3.8) is 0 Å². The Morgan fingerprint density at radius 3 is 2.29 bits per heavy atom. The van der Waals surface area contributed by atoms with Crippen LogP contribution in [0.4, 0.5) is 0 Å². The van der Waals surface area contributed by atoms with Crippen LogP contribution >= 0.6 is 0 Å². The second kappa shape index (κ2) is 13.6. The van der Waals surface area contributed by atoms with Crippen molar-refractivity contribution >= 4 is 23.5 Å². The van der Waals surface area contributed by atoms with Crippen LogP contribution in [0.15, 0.2) is 24.3 Å². The smallest absolute Gasteiger partial charge is 0.319 e. The van der Waals surface area contributed by atoms with Gasteiger partial charge in [-0.15, -0.1) is 0 Å². The van der Waals surface area contributed by atoms with E-state index in [4.69, 9.17) is 14.2 Å². The van der Waals surface area contributed by atoms with Gasteiger partial charge in [-0.3, -0.25) is 19.2 Å². The van der Waals surface area contributed by atoms with E-state index >= 15 is 0 Å². The fourth-order valence-electron chi connectivity index (χ4n) is 3.20. The van der Waals surface area contributed by atoms with Crippen molar-refractivity contribution in [3.05, 3.63) is 29.8 Å². The highest BCUT2D eigenvalue weighted by Crippen LogP contribution is 2.29. The van der Waals surface area contributed by atoms with Crippen LogP contribution in [0.1, 0.15) is 64.9 Å². The van der Waals surface area contributed by atoms with Gasteiger partial charge in [0.1, 0.15) is 22.7 Å². The van der Waals surface area contributed by atoms with Gasteiger partial charge in [0, 0.05) is 19.3 Å². The third-order valence-electron chi connectivity index (χ3n) is 5.16. The van der Waals surface area contributed by atoms with Crippen LogP contribution in [0.25, 0.3) is 0 Å². The van der Waals surface area contributed by atoms with Gasteiger partial charge in [-0.1, -0.05) is 12.1 Å². The average molecular weight is 435 g/mol. The Labute approximate surface area is 184 Å². The predicted octanol–water partition coefficient (Wildman–Crippen LogP) is 3.85. The van der Waals surface area contributed by atoms with E-state index in [1.165, 1.54) is 6.92 Å². The Morgan fingerprint density at radius 1 is 0.935 bits per heavy atom. The topological polar surface area (TPSA) is 96.0 Å². The highest BCUT2D eigenvalue weighted by Gasteiger charge is 2.42. The first-order chi connectivity index (χ1) is 14.8. The van der Waals surface area contributed by atoms with Crippen LogP contribution in [-0.4, -0.2) is 43.8 Å².